The third-order valence-corrected chi connectivity index (χ3v) is 3.54. The summed E-state index contributed by atoms with van der Waals surface area (Å²) in [5.41, 5.74) is 6.88. The predicted octanol–water partition coefficient (Wildman–Crippen LogP) is 2.30. The van der Waals surface area contributed by atoms with Gasteiger partial charge in [0.25, 0.3) is 5.69 Å². The van der Waals surface area contributed by atoms with Crippen molar-refractivity contribution in [1.82, 2.24) is 0 Å². The summed E-state index contributed by atoms with van der Waals surface area (Å²) in [4.78, 5) is 12.9. The van der Waals surface area contributed by atoms with Crippen molar-refractivity contribution >= 4 is 11.4 Å². The minimum atomic E-state index is -0.317. The second kappa shape index (κ2) is 5.35. The number of piperidine rings is 1. The van der Waals surface area contributed by atoms with Crippen LogP contribution in [0.25, 0.3) is 0 Å². The van der Waals surface area contributed by atoms with Crippen molar-refractivity contribution in [3.05, 3.63) is 34.4 Å². The molecule has 2 unspecified atom stereocenters. The normalized spacial score (nSPS) is 21.7. The van der Waals surface area contributed by atoms with E-state index in [0.29, 0.717) is 5.69 Å². The van der Waals surface area contributed by atoms with Crippen molar-refractivity contribution in [2.45, 2.75) is 38.3 Å². The molecule has 98 valence electrons. The van der Waals surface area contributed by atoms with Crippen LogP contribution in [-0.4, -0.2) is 23.6 Å². The Morgan fingerprint density at radius 1 is 1.44 bits per heavy atom. The van der Waals surface area contributed by atoms with E-state index in [0.717, 1.165) is 25.8 Å². The summed E-state index contributed by atoms with van der Waals surface area (Å²) in [7, 11) is 0. The monoisotopic (exact) mass is 249 g/mol. The van der Waals surface area contributed by atoms with Crippen molar-refractivity contribution < 1.29 is 4.92 Å². The van der Waals surface area contributed by atoms with Crippen LogP contribution in [0.3, 0.4) is 0 Å². The van der Waals surface area contributed by atoms with Gasteiger partial charge in [0.05, 0.1) is 4.92 Å². The molecule has 1 heterocycles. The van der Waals surface area contributed by atoms with Gasteiger partial charge in [0.2, 0.25) is 0 Å². The zero-order valence-corrected chi connectivity index (χ0v) is 10.6. The number of nitrogens with two attached hydrogens (primary N) is 1. The summed E-state index contributed by atoms with van der Waals surface area (Å²) in [6.45, 7) is 2.81. The number of nitro benzene ring substituents is 1. The molecule has 1 aromatic rings. The van der Waals surface area contributed by atoms with Crippen LogP contribution in [0.4, 0.5) is 11.4 Å². The summed E-state index contributed by atoms with van der Waals surface area (Å²) >= 11 is 0. The Bertz CT molecular complexity index is 434. The predicted molar refractivity (Wildman–Crippen MR) is 71.7 cm³/mol. The number of hydrogen-bond donors (Lipinski definition) is 1. The maximum Gasteiger partial charge on any atom is 0.292 e. The zero-order valence-electron chi connectivity index (χ0n) is 10.6. The van der Waals surface area contributed by atoms with Crippen molar-refractivity contribution in [1.29, 1.82) is 0 Å². The van der Waals surface area contributed by atoms with E-state index in [4.69, 9.17) is 5.73 Å². The van der Waals surface area contributed by atoms with Crippen LogP contribution < -0.4 is 10.6 Å². The lowest BCUT2D eigenvalue weighted by molar-refractivity contribution is -0.384. The molecule has 5 heteroatoms. The van der Waals surface area contributed by atoms with Crippen LogP contribution in [-0.2, 0) is 0 Å². The van der Waals surface area contributed by atoms with Gasteiger partial charge in [-0.3, -0.25) is 10.1 Å². The zero-order chi connectivity index (χ0) is 13.1. The van der Waals surface area contributed by atoms with E-state index >= 15 is 0 Å². The van der Waals surface area contributed by atoms with E-state index in [1.165, 1.54) is 0 Å². The molecular weight excluding hydrogens is 230 g/mol. The van der Waals surface area contributed by atoms with E-state index in [1.54, 1.807) is 12.1 Å². The molecule has 1 saturated heterocycles. The number of rotatable bonds is 3. The van der Waals surface area contributed by atoms with E-state index in [2.05, 4.69) is 4.90 Å². The highest BCUT2D eigenvalue weighted by Gasteiger charge is 2.29. The summed E-state index contributed by atoms with van der Waals surface area (Å²) in [6, 6.07) is 7.13. The van der Waals surface area contributed by atoms with Gasteiger partial charge in [-0.2, -0.15) is 0 Å². The lowest BCUT2D eigenvalue weighted by atomic mass is 9.96. The van der Waals surface area contributed by atoms with E-state index in [-0.39, 0.29) is 22.7 Å². The molecule has 1 fully saturated rings. The van der Waals surface area contributed by atoms with Crippen molar-refractivity contribution in [3.63, 3.8) is 0 Å². The lowest BCUT2D eigenvalue weighted by Gasteiger charge is -2.39. The van der Waals surface area contributed by atoms with Gasteiger partial charge in [0, 0.05) is 24.7 Å². The first-order valence-corrected chi connectivity index (χ1v) is 6.37. The summed E-state index contributed by atoms with van der Waals surface area (Å²) in [6.07, 6.45) is 3.21. The summed E-state index contributed by atoms with van der Waals surface area (Å²) in [5, 5.41) is 11.1. The second-order valence-electron chi connectivity index (χ2n) is 4.86. The Morgan fingerprint density at radius 3 is 2.83 bits per heavy atom. The fraction of sp³-hybridized carbons (Fsp3) is 0.538. The first kappa shape index (κ1) is 12.8. The van der Waals surface area contributed by atoms with Gasteiger partial charge in [-0.1, -0.05) is 12.1 Å². The van der Waals surface area contributed by atoms with Crippen molar-refractivity contribution in [3.8, 4) is 0 Å². The molecule has 0 saturated carbocycles. The molecule has 1 aliphatic heterocycles. The van der Waals surface area contributed by atoms with Gasteiger partial charge >= 0.3 is 0 Å². The van der Waals surface area contributed by atoms with Gasteiger partial charge in [0.15, 0.2) is 0 Å². The fourth-order valence-corrected chi connectivity index (χ4v) is 2.66. The van der Waals surface area contributed by atoms with E-state index in [9.17, 15) is 10.1 Å². The molecule has 0 spiro atoms. The molecule has 5 nitrogen and oxygen atoms in total. The van der Waals surface area contributed by atoms with Gasteiger partial charge in [-0.05, 0) is 32.3 Å². The smallest absolute Gasteiger partial charge is 0.292 e. The van der Waals surface area contributed by atoms with Crippen LogP contribution in [0.5, 0.6) is 0 Å². The number of nitro groups is 1. The first-order valence-electron chi connectivity index (χ1n) is 6.37. The van der Waals surface area contributed by atoms with Crippen LogP contribution in [0, 0.1) is 10.1 Å². The van der Waals surface area contributed by atoms with Gasteiger partial charge in [0.1, 0.15) is 5.69 Å². The lowest BCUT2D eigenvalue weighted by Crippen LogP contribution is -2.49. The molecule has 0 aromatic heterocycles. The molecule has 2 atom stereocenters. The van der Waals surface area contributed by atoms with E-state index < -0.39 is 0 Å². The Kier molecular flexibility index (Phi) is 3.81. The third-order valence-electron chi connectivity index (χ3n) is 3.54. The number of para-hydroxylation sites is 2. The standard InChI is InChI=1S/C13H19N3O2/c1-10(14)11-6-4-5-9-15(11)12-7-2-3-8-13(12)16(17)18/h2-3,7-8,10-11H,4-6,9,14H2,1H3. The molecule has 1 aromatic carbocycles. The molecule has 0 radical (unpaired) electrons. The highest BCUT2D eigenvalue weighted by atomic mass is 16.6. The third kappa shape index (κ3) is 2.46. The van der Waals surface area contributed by atoms with Crippen LogP contribution in [0.2, 0.25) is 0 Å². The average molecular weight is 249 g/mol. The first-order chi connectivity index (χ1) is 8.61. The molecule has 0 aliphatic carbocycles. The Morgan fingerprint density at radius 2 is 2.17 bits per heavy atom. The summed E-state index contributed by atoms with van der Waals surface area (Å²) in [5.74, 6) is 0. The molecular formula is C13H19N3O2. The van der Waals surface area contributed by atoms with Crippen LogP contribution >= 0.6 is 0 Å². The van der Waals surface area contributed by atoms with Crippen molar-refractivity contribution in [2.75, 3.05) is 11.4 Å². The molecule has 2 N–H and O–H groups in total. The van der Waals surface area contributed by atoms with Crippen molar-refractivity contribution in [2.24, 2.45) is 5.73 Å². The highest BCUT2D eigenvalue weighted by molar-refractivity contribution is 5.64. The van der Waals surface area contributed by atoms with Gasteiger partial charge < -0.3 is 10.6 Å². The quantitative estimate of drug-likeness (QED) is 0.659. The number of anilines is 1. The SMILES string of the molecule is CC(N)C1CCCCN1c1ccccc1[N+](=O)[O-]. The fourth-order valence-electron chi connectivity index (χ4n) is 2.66. The molecule has 0 amide bonds. The van der Waals surface area contributed by atoms with Crippen LogP contribution in [0.1, 0.15) is 26.2 Å². The minimum absolute atomic E-state index is 0.0186. The van der Waals surface area contributed by atoms with E-state index in [1.807, 2.05) is 19.1 Å². The minimum Gasteiger partial charge on any atom is -0.361 e. The molecule has 18 heavy (non-hydrogen) atoms. The molecule has 2 rings (SSSR count). The maximum atomic E-state index is 11.1. The topological polar surface area (TPSA) is 72.4 Å². The molecule has 1 aliphatic rings. The Labute approximate surface area is 107 Å². The summed E-state index contributed by atoms with van der Waals surface area (Å²) < 4.78 is 0. The molecule has 0 bridgehead atoms. The number of benzene rings is 1. The largest absolute Gasteiger partial charge is 0.361 e. The van der Waals surface area contributed by atoms with Gasteiger partial charge in [-0.15, -0.1) is 0 Å². The number of nitrogens with zero attached hydrogens (tertiary/aromatic N) is 2. The Balaban J connectivity index is 2.36. The highest BCUT2D eigenvalue weighted by Crippen LogP contribution is 2.33. The maximum absolute atomic E-state index is 11.1. The average Bonchev–Trinajstić information content (AvgIpc) is 2.38. The number of hydrogen-bond acceptors (Lipinski definition) is 4. The second-order valence-corrected chi connectivity index (χ2v) is 4.86. The van der Waals surface area contributed by atoms with Crippen LogP contribution in [0.15, 0.2) is 24.3 Å². The Hall–Kier alpha value is -1.62. The van der Waals surface area contributed by atoms with Gasteiger partial charge in [-0.25, -0.2) is 0 Å².